The van der Waals surface area contributed by atoms with E-state index in [1.807, 2.05) is 6.07 Å². The van der Waals surface area contributed by atoms with Crippen LogP contribution in [-0.2, 0) is 6.54 Å². The van der Waals surface area contributed by atoms with Gasteiger partial charge in [-0.15, -0.1) is 0 Å². The van der Waals surface area contributed by atoms with Gasteiger partial charge in [-0.1, -0.05) is 0 Å². The Morgan fingerprint density at radius 1 is 1.29 bits per heavy atom. The standard InChI is InChI=1S/C17H11F2N3O2/c1-24-16-5-13-15(6-14(16)19)21-9-22(17(13)23)8-11-4-12(18)3-2-10(11)7-20/h2-6,9H,8H2,1H3. The maximum Gasteiger partial charge on any atom is 0.261 e. The third kappa shape index (κ3) is 2.70. The Hall–Kier alpha value is -3.27. The van der Waals surface area contributed by atoms with Gasteiger partial charge in [-0.05, 0) is 29.8 Å². The van der Waals surface area contributed by atoms with E-state index < -0.39 is 17.2 Å². The Balaban J connectivity index is 2.13. The van der Waals surface area contributed by atoms with E-state index in [9.17, 15) is 13.6 Å². The molecule has 0 fully saturated rings. The van der Waals surface area contributed by atoms with Crippen molar-refractivity contribution in [2.45, 2.75) is 6.54 Å². The number of hydrogen-bond acceptors (Lipinski definition) is 4. The first-order valence-corrected chi connectivity index (χ1v) is 6.94. The number of ether oxygens (including phenoxy) is 1. The van der Waals surface area contributed by atoms with Gasteiger partial charge in [0.15, 0.2) is 11.6 Å². The van der Waals surface area contributed by atoms with E-state index in [4.69, 9.17) is 10.00 Å². The van der Waals surface area contributed by atoms with E-state index in [1.54, 1.807) is 0 Å². The molecule has 3 aromatic rings. The van der Waals surface area contributed by atoms with E-state index in [2.05, 4.69) is 4.98 Å². The maximum atomic E-state index is 13.7. The van der Waals surface area contributed by atoms with Crippen LogP contribution in [0.1, 0.15) is 11.1 Å². The molecule has 0 N–H and O–H groups in total. The molecule has 120 valence electrons. The number of fused-ring (bicyclic) bond motifs is 1. The number of halogens is 2. The summed E-state index contributed by atoms with van der Waals surface area (Å²) in [7, 11) is 1.30. The molecular weight excluding hydrogens is 316 g/mol. The third-order valence-electron chi connectivity index (χ3n) is 3.63. The van der Waals surface area contributed by atoms with Crippen LogP contribution in [0.15, 0.2) is 41.5 Å². The number of hydrogen-bond donors (Lipinski definition) is 0. The van der Waals surface area contributed by atoms with Crippen LogP contribution in [0.3, 0.4) is 0 Å². The lowest BCUT2D eigenvalue weighted by Crippen LogP contribution is -2.21. The number of nitrogens with zero attached hydrogens (tertiary/aromatic N) is 3. The van der Waals surface area contributed by atoms with Crippen LogP contribution >= 0.6 is 0 Å². The Labute approximate surface area is 135 Å². The Morgan fingerprint density at radius 3 is 2.79 bits per heavy atom. The lowest BCUT2D eigenvalue weighted by Gasteiger charge is -2.09. The lowest BCUT2D eigenvalue weighted by molar-refractivity contribution is 0.387. The molecule has 0 unspecified atom stereocenters. The summed E-state index contributed by atoms with van der Waals surface area (Å²) in [5.74, 6) is -1.19. The van der Waals surface area contributed by atoms with Crippen molar-refractivity contribution in [1.82, 2.24) is 9.55 Å². The first-order valence-electron chi connectivity index (χ1n) is 6.94. The molecule has 7 heteroatoms. The molecule has 24 heavy (non-hydrogen) atoms. The van der Waals surface area contributed by atoms with Gasteiger partial charge in [0.25, 0.3) is 5.56 Å². The minimum absolute atomic E-state index is 0.0257. The van der Waals surface area contributed by atoms with Crippen LogP contribution in [0, 0.1) is 23.0 Å². The third-order valence-corrected chi connectivity index (χ3v) is 3.63. The lowest BCUT2D eigenvalue weighted by atomic mass is 10.1. The van der Waals surface area contributed by atoms with E-state index in [0.29, 0.717) is 5.56 Å². The number of benzene rings is 2. The Morgan fingerprint density at radius 2 is 2.08 bits per heavy atom. The fourth-order valence-electron chi connectivity index (χ4n) is 2.41. The highest BCUT2D eigenvalue weighted by molar-refractivity contribution is 5.79. The molecule has 0 aliphatic rings. The van der Waals surface area contributed by atoms with E-state index in [-0.39, 0.29) is 28.8 Å². The second-order valence-electron chi connectivity index (χ2n) is 5.09. The zero-order valence-corrected chi connectivity index (χ0v) is 12.6. The molecule has 0 atom stereocenters. The van der Waals surface area contributed by atoms with Crippen molar-refractivity contribution in [3.8, 4) is 11.8 Å². The summed E-state index contributed by atoms with van der Waals surface area (Å²) < 4.78 is 33.2. The van der Waals surface area contributed by atoms with E-state index >= 15 is 0 Å². The van der Waals surface area contributed by atoms with Crippen molar-refractivity contribution >= 4 is 10.9 Å². The maximum absolute atomic E-state index is 13.7. The van der Waals surface area contributed by atoms with Gasteiger partial charge >= 0.3 is 0 Å². The summed E-state index contributed by atoms with van der Waals surface area (Å²) in [6, 6.07) is 8.06. The van der Waals surface area contributed by atoms with Crippen molar-refractivity contribution in [2.75, 3.05) is 7.11 Å². The molecule has 0 amide bonds. The summed E-state index contributed by atoms with van der Waals surface area (Å²) in [4.78, 5) is 16.6. The molecule has 5 nitrogen and oxygen atoms in total. The van der Waals surface area contributed by atoms with Crippen LogP contribution < -0.4 is 10.3 Å². The van der Waals surface area contributed by atoms with Crippen molar-refractivity contribution in [1.29, 1.82) is 5.26 Å². The average Bonchev–Trinajstić information content (AvgIpc) is 2.57. The summed E-state index contributed by atoms with van der Waals surface area (Å²) >= 11 is 0. The zero-order valence-electron chi connectivity index (χ0n) is 12.6. The molecule has 0 saturated heterocycles. The number of methoxy groups -OCH3 is 1. The molecule has 0 aliphatic carbocycles. The Kier molecular flexibility index (Phi) is 3.96. The topological polar surface area (TPSA) is 67.9 Å². The van der Waals surface area contributed by atoms with Crippen LogP contribution in [-0.4, -0.2) is 16.7 Å². The van der Waals surface area contributed by atoms with Gasteiger partial charge in [-0.25, -0.2) is 13.8 Å². The SMILES string of the molecule is COc1cc2c(=O)n(Cc3cc(F)ccc3C#N)cnc2cc1F. The minimum Gasteiger partial charge on any atom is -0.494 e. The number of aromatic nitrogens is 2. The van der Waals surface area contributed by atoms with Gasteiger partial charge in [-0.3, -0.25) is 9.36 Å². The summed E-state index contributed by atoms with van der Waals surface area (Å²) in [5.41, 5.74) is 0.371. The van der Waals surface area contributed by atoms with Gasteiger partial charge in [0.1, 0.15) is 5.82 Å². The largest absolute Gasteiger partial charge is 0.494 e. The normalized spacial score (nSPS) is 10.6. The Bertz CT molecular complexity index is 1040. The molecule has 0 spiro atoms. The summed E-state index contributed by atoms with van der Waals surface area (Å²) in [6.07, 6.45) is 1.24. The minimum atomic E-state index is -0.619. The van der Waals surface area contributed by atoms with Crippen molar-refractivity contribution in [3.05, 3.63) is 69.8 Å². The number of rotatable bonds is 3. The van der Waals surface area contributed by atoms with E-state index in [1.165, 1.54) is 42.3 Å². The second kappa shape index (κ2) is 6.08. The molecule has 0 aliphatic heterocycles. The van der Waals surface area contributed by atoms with Crippen LogP contribution in [0.2, 0.25) is 0 Å². The number of nitriles is 1. The van der Waals surface area contributed by atoms with Crippen molar-refractivity contribution < 1.29 is 13.5 Å². The smallest absolute Gasteiger partial charge is 0.261 e. The fourth-order valence-corrected chi connectivity index (χ4v) is 2.41. The summed E-state index contributed by atoms with van der Waals surface area (Å²) in [6.45, 7) is -0.0257. The van der Waals surface area contributed by atoms with Crippen molar-refractivity contribution in [3.63, 3.8) is 0 Å². The molecule has 3 rings (SSSR count). The highest BCUT2D eigenvalue weighted by Gasteiger charge is 2.12. The molecule has 0 radical (unpaired) electrons. The molecular formula is C17H11F2N3O2. The predicted octanol–water partition coefficient (Wildman–Crippen LogP) is 2.60. The van der Waals surface area contributed by atoms with Gasteiger partial charge in [0, 0.05) is 6.07 Å². The molecule has 0 bridgehead atoms. The van der Waals surface area contributed by atoms with Crippen LogP contribution in [0.4, 0.5) is 8.78 Å². The van der Waals surface area contributed by atoms with Gasteiger partial charge in [0.05, 0.1) is 42.5 Å². The average molecular weight is 327 g/mol. The highest BCUT2D eigenvalue weighted by Crippen LogP contribution is 2.21. The second-order valence-corrected chi connectivity index (χ2v) is 5.09. The molecule has 1 aromatic heterocycles. The first kappa shape index (κ1) is 15.6. The molecule has 0 saturated carbocycles. The predicted molar refractivity (Wildman–Crippen MR) is 82.7 cm³/mol. The van der Waals surface area contributed by atoms with Crippen molar-refractivity contribution in [2.24, 2.45) is 0 Å². The van der Waals surface area contributed by atoms with E-state index in [0.717, 1.165) is 6.07 Å². The quantitative estimate of drug-likeness (QED) is 0.741. The van der Waals surface area contributed by atoms with Gasteiger partial charge < -0.3 is 4.74 Å². The van der Waals surface area contributed by atoms with Gasteiger partial charge in [-0.2, -0.15) is 5.26 Å². The zero-order chi connectivity index (χ0) is 17.3. The van der Waals surface area contributed by atoms with Gasteiger partial charge in [0.2, 0.25) is 0 Å². The highest BCUT2D eigenvalue weighted by atomic mass is 19.1. The molecule has 1 heterocycles. The summed E-state index contributed by atoms with van der Waals surface area (Å²) in [5, 5.41) is 9.27. The monoisotopic (exact) mass is 327 g/mol. The van der Waals surface area contributed by atoms with Crippen LogP contribution in [0.5, 0.6) is 5.75 Å². The first-order chi connectivity index (χ1) is 11.5. The molecule has 2 aromatic carbocycles. The van der Waals surface area contributed by atoms with Crippen LogP contribution in [0.25, 0.3) is 10.9 Å². The fraction of sp³-hybridized carbons (Fsp3) is 0.118.